The highest BCUT2D eigenvalue weighted by molar-refractivity contribution is 14.1. The number of hydrogen-bond acceptors (Lipinski definition) is 1. The van der Waals surface area contributed by atoms with E-state index in [0.717, 1.165) is 14.3 Å². The van der Waals surface area contributed by atoms with Crippen molar-refractivity contribution in [2.45, 2.75) is 20.0 Å². The van der Waals surface area contributed by atoms with Crippen LogP contribution < -0.4 is 4.74 Å². The Morgan fingerprint density at radius 2 is 2.08 bits per heavy atom. The van der Waals surface area contributed by atoms with E-state index in [2.05, 4.69) is 22.6 Å². The summed E-state index contributed by atoms with van der Waals surface area (Å²) in [4.78, 5) is 0. The van der Waals surface area contributed by atoms with Crippen LogP contribution in [0.4, 0.5) is 0 Å². The maximum atomic E-state index is 5.91. The van der Waals surface area contributed by atoms with E-state index in [1.807, 2.05) is 32.0 Å². The number of halogens is 2. The monoisotopic (exact) mass is 296 g/mol. The topological polar surface area (TPSA) is 9.23 Å². The van der Waals surface area contributed by atoms with Crippen LogP contribution in [0.2, 0.25) is 5.02 Å². The molecule has 0 aliphatic rings. The summed E-state index contributed by atoms with van der Waals surface area (Å²) in [5.41, 5.74) is 0. The summed E-state index contributed by atoms with van der Waals surface area (Å²) < 4.78 is 6.51. The Balaban J connectivity index is 2.92. The predicted molar refractivity (Wildman–Crippen MR) is 59.9 cm³/mol. The molecule has 0 bridgehead atoms. The second kappa shape index (κ2) is 4.33. The lowest BCUT2D eigenvalue weighted by Gasteiger charge is -2.11. The summed E-state index contributed by atoms with van der Waals surface area (Å²) in [6.45, 7) is 3.99. The van der Waals surface area contributed by atoms with Gasteiger partial charge in [0, 0.05) is 0 Å². The number of ether oxygens (including phenoxy) is 1. The van der Waals surface area contributed by atoms with Gasteiger partial charge in [-0.2, -0.15) is 0 Å². The largest absolute Gasteiger partial charge is 0.490 e. The average molecular weight is 297 g/mol. The molecule has 0 amide bonds. The maximum Gasteiger partial charge on any atom is 0.134 e. The fraction of sp³-hybridized carbons (Fsp3) is 0.333. The molecule has 0 heterocycles. The van der Waals surface area contributed by atoms with E-state index in [4.69, 9.17) is 16.3 Å². The van der Waals surface area contributed by atoms with Gasteiger partial charge in [0.25, 0.3) is 0 Å². The van der Waals surface area contributed by atoms with Crippen LogP contribution in [0.5, 0.6) is 5.75 Å². The Kier molecular flexibility index (Phi) is 3.65. The summed E-state index contributed by atoms with van der Waals surface area (Å²) in [5, 5.41) is 0.744. The van der Waals surface area contributed by atoms with E-state index in [0.29, 0.717) is 0 Å². The molecule has 0 fully saturated rings. The van der Waals surface area contributed by atoms with Crippen molar-refractivity contribution in [3.05, 3.63) is 26.8 Å². The van der Waals surface area contributed by atoms with Crippen LogP contribution in [0.1, 0.15) is 13.8 Å². The minimum Gasteiger partial charge on any atom is -0.490 e. The van der Waals surface area contributed by atoms with Crippen molar-refractivity contribution < 1.29 is 4.74 Å². The third-order valence-electron chi connectivity index (χ3n) is 1.28. The van der Waals surface area contributed by atoms with Crippen molar-refractivity contribution in [2.75, 3.05) is 0 Å². The van der Waals surface area contributed by atoms with Gasteiger partial charge < -0.3 is 4.74 Å². The molecule has 0 N–H and O–H groups in total. The molecule has 0 saturated heterocycles. The van der Waals surface area contributed by atoms with Gasteiger partial charge in [-0.3, -0.25) is 0 Å². The molecule has 0 atom stereocenters. The highest BCUT2D eigenvalue weighted by Crippen LogP contribution is 2.28. The number of benzene rings is 1. The molecule has 0 aliphatic carbocycles. The van der Waals surface area contributed by atoms with E-state index in [9.17, 15) is 0 Å². The van der Waals surface area contributed by atoms with Gasteiger partial charge in [-0.25, -0.2) is 0 Å². The first-order valence-electron chi connectivity index (χ1n) is 3.72. The lowest BCUT2D eigenvalue weighted by atomic mass is 10.3. The van der Waals surface area contributed by atoms with Crippen molar-refractivity contribution in [2.24, 2.45) is 0 Å². The minimum atomic E-state index is 0.192. The summed E-state index contributed by atoms with van der Waals surface area (Å²) in [6, 6.07) is 5.67. The van der Waals surface area contributed by atoms with Gasteiger partial charge in [-0.15, -0.1) is 0 Å². The zero-order valence-corrected chi connectivity index (χ0v) is 9.89. The normalized spacial score (nSPS) is 10.4. The van der Waals surface area contributed by atoms with Crippen LogP contribution in [-0.2, 0) is 0 Å². The highest BCUT2D eigenvalue weighted by atomic mass is 127. The Morgan fingerprint density at radius 3 is 2.67 bits per heavy atom. The second-order valence-electron chi connectivity index (χ2n) is 2.72. The zero-order chi connectivity index (χ0) is 9.14. The SMILES string of the molecule is CC(C)Oc1cccc(Cl)c1I. The van der Waals surface area contributed by atoms with Crippen molar-refractivity contribution in [1.82, 2.24) is 0 Å². The molecule has 0 aliphatic heterocycles. The lowest BCUT2D eigenvalue weighted by molar-refractivity contribution is 0.240. The van der Waals surface area contributed by atoms with E-state index in [1.54, 1.807) is 0 Å². The molecule has 1 nitrogen and oxygen atoms in total. The molecule has 66 valence electrons. The fourth-order valence-corrected chi connectivity index (χ4v) is 1.48. The highest BCUT2D eigenvalue weighted by Gasteiger charge is 2.05. The number of rotatable bonds is 2. The average Bonchev–Trinajstić information content (AvgIpc) is 1.98. The molecule has 12 heavy (non-hydrogen) atoms. The van der Waals surface area contributed by atoms with Gasteiger partial charge in [0.05, 0.1) is 14.7 Å². The van der Waals surface area contributed by atoms with Crippen LogP contribution in [0.15, 0.2) is 18.2 Å². The first-order valence-corrected chi connectivity index (χ1v) is 5.17. The Bertz CT molecular complexity index is 273. The molecule has 1 aromatic rings. The Labute approximate surface area is 91.2 Å². The second-order valence-corrected chi connectivity index (χ2v) is 4.20. The van der Waals surface area contributed by atoms with Crippen LogP contribution in [0, 0.1) is 3.57 Å². The number of hydrogen-bond donors (Lipinski definition) is 0. The predicted octanol–water partition coefficient (Wildman–Crippen LogP) is 3.73. The quantitative estimate of drug-likeness (QED) is 0.756. The van der Waals surface area contributed by atoms with E-state index < -0.39 is 0 Å². The standard InChI is InChI=1S/C9H10ClIO/c1-6(2)12-8-5-3-4-7(10)9(8)11/h3-6H,1-2H3. The summed E-state index contributed by atoms with van der Waals surface area (Å²) in [5.74, 6) is 0.859. The molecule has 3 heteroatoms. The molecule has 0 unspecified atom stereocenters. The van der Waals surface area contributed by atoms with E-state index in [1.165, 1.54) is 0 Å². The van der Waals surface area contributed by atoms with E-state index in [-0.39, 0.29) is 6.10 Å². The first kappa shape index (κ1) is 10.1. The maximum absolute atomic E-state index is 5.91. The van der Waals surface area contributed by atoms with Crippen molar-refractivity contribution >= 4 is 34.2 Å². The van der Waals surface area contributed by atoms with Gasteiger partial charge in [0.2, 0.25) is 0 Å². The fourth-order valence-electron chi connectivity index (χ4n) is 0.829. The molecular weight excluding hydrogens is 286 g/mol. The summed E-state index contributed by atoms with van der Waals surface area (Å²) in [6.07, 6.45) is 0.192. The van der Waals surface area contributed by atoms with Gasteiger partial charge in [-0.05, 0) is 48.6 Å². The van der Waals surface area contributed by atoms with Gasteiger partial charge >= 0.3 is 0 Å². The third-order valence-corrected chi connectivity index (χ3v) is 3.03. The van der Waals surface area contributed by atoms with Crippen molar-refractivity contribution in [3.63, 3.8) is 0 Å². The van der Waals surface area contributed by atoms with Crippen LogP contribution in [0.25, 0.3) is 0 Å². The molecule has 0 radical (unpaired) electrons. The lowest BCUT2D eigenvalue weighted by Crippen LogP contribution is -2.06. The minimum absolute atomic E-state index is 0.192. The van der Waals surface area contributed by atoms with Gasteiger partial charge in [0.1, 0.15) is 5.75 Å². The Morgan fingerprint density at radius 1 is 1.42 bits per heavy atom. The van der Waals surface area contributed by atoms with E-state index >= 15 is 0 Å². The Hall–Kier alpha value is 0.0400. The zero-order valence-electron chi connectivity index (χ0n) is 6.97. The van der Waals surface area contributed by atoms with Gasteiger partial charge in [-0.1, -0.05) is 17.7 Å². The molecular formula is C9H10ClIO. The molecule has 0 spiro atoms. The summed E-state index contributed by atoms with van der Waals surface area (Å²) >= 11 is 8.09. The molecule has 0 saturated carbocycles. The molecule has 0 aromatic heterocycles. The van der Waals surface area contributed by atoms with Crippen LogP contribution >= 0.6 is 34.2 Å². The molecule has 1 rings (SSSR count). The smallest absolute Gasteiger partial charge is 0.134 e. The van der Waals surface area contributed by atoms with Crippen molar-refractivity contribution in [3.8, 4) is 5.75 Å². The van der Waals surface area contributed by atoms with Crippen molar-refractivity contribution in [1.29, 1.82) is 0 Å². The van der Waals surface area contributed by atoms with Crippen LogP contribution in [0.3, 0.4) is 0 Å². The van der Waals surface area contributed by atoms with Gasteiger partial charge in [0.15, 0.2) is 0 Å². The first-order chi connectivity index (χ1) is 5.61. The third kappa shape index (κ3) is 2.52. The van der Waals surface area contributed by atoms with Crippen LogP contribution in [-0.4, -0.2) is 6.10 Å². The summed E-state index contributed by atoms with van der Waals surface area (Å²) in [7, 11) is 0. The molecule has 1 aromatic carbocycles.